The van der Waals surface area contributed by atoms with Crippen LogP contribution in [0.3, 0.4) is 0 Å². The van der Waals surface area contributed by atoms with E-state index in [0.717, 1.165) is 41.0 Å². The van der Waals surface area contributed by atoms with Crippen LogP contribution < -0.4 is 9.47 Å². The van der Waals surface area contributed by atoms with E-state index in [4.69, 9.17) is 14.2 Å². The van der Waals surface area contributed by atoms with Crippen molar-refractivity contribution in [2.24, 2.45) is 0 Å². The zero-order valence-electron chi connectivity index (χ0n) is 34.0. The maximum absolute atomic E-state index is 13.6. The molecule has 0 aliphatic carbocycles. The number of carbonyl (C=O) groups is 1. The van der Waals surface area contributed by atoms with Crippen LogP contribution in [0.1, 0.15) is 158 Å². The van der Waals surface area contributed by atoms with Crippen molar-refractivity contribution in [2.75, 3.05) is 27.4 Å². The highest BCUT2D eigenvalue weighted by atomic mass is 16.5. The first-order valence-corrected chi connectivity index (χ1v) is 21.5. The molecule has 6 nitrogen and oxygen atoms in total. The molecule has 1 amide bonds. The summed E-state index contributed by atoms with van der Waals surface area (Å²) in [6, 6.07) is 26.0. The van der Waals surface area contributed by atoms with Crippen LogP contribution in [-0.2, 0) is 15.1 Å². The Kier molecular flexibility index (Phi) is 20.0. The van der Waals surface area contributed by atoms with E-state index in [1.807, 2.05) is 71.6 Å². The van der Waals surface area contributed by atoms with Gasteiger partial charge in [-0.3, -0.25) is 4.79 Å². The first-order valence-electron chi connectivity index (χ1n) is 21.5. The second-order valence-corrected chi connectivity index (χ2v) is 15.5. The normalized spacial score (nSPS) is 15.8. The Hall–Kier alpha value is -3.35. The number of methoxy groups -OCH3 is 2. The molecule has 1 saturated heterocycles. The van der Waals surface area contributed by atoms with Gasteiger partial charge in [0.15, 0.2) is 0 Å². The van der Waals surface area contributed by atoms with Gasteiger partial charge in [-0.2, -0.15) is 0 Å². The van der Waals surface area contributed by atoms with Crippen molar-refractivity contribution < 1.29 is 24.1 Å². The summed E-state index contributed by atoms with van der Waals surface area (Å²) >= 11 is 0. The third kappa shape index (κ3) is 13.7. The summed E-state index contributed by atoms with van der Waals surface area (Å²) in [5, 5.41) is 10.8. The molecule has 0 bridgehead atoms. The van der Waals surface area contributed by atoms with E-state index in [2.05, 4.69) is 19.1 Å². The van der Waals surface area contributed by atoms with Gasteiger partial charge in [-0.25, -0.2) is 0 Å². The van der Waals surface area contributed by atoms with E-state index < -0.39 is 11.7 Å². The molecule has 6 heteroatoms. The summed E-state index contributed by atoms with van der Waals surface area (Å²) in [6.07, 6.45) is 25.8. The molecule has 1 heterocycles. The van der Waals surface area contributed by atoms with E-state index in [0.29, 0.717) is 19.4 Å². The smallest absolute Gasteiger partial charge is 0.222 e. The van der Waals surface area contributed by atoms with Crippen molar-refractivity contribution in [3.8, 4) is 11.5 Å². The number of aliphatic hydroxyl groups excluding tert-OH is 1. The minimum Gasteiger partial charge on any atom is -0.497 e. The molecule has 1 aliphatic rings. The lowest BCUT2D eigenvalue weighted by Crippen LogP contribution is -2.42. The Morgan fingerprint density at radius 3 is 1.44 bits per heavy atom. The van der Waals surface area contributed by atoms with Crippen LogP contribution in [0.15, 0.2) is 78.9 Å². The molecule has 3 aromatic carbocycles. The van der Waals surface area contributed by atoms with Crippen LogP contribution in [0, 0.1) is 0 Å². The van der Waals surface area contributed by atoms with Crippen molar-refractivity contribution >= 4 is 5.91 Å². The highest BCUT2D eigenvalue weighted by molar-refractivity contribution is 5.77. The Morgan fingerprint density at radius 2 is 1.02 bits per heavy atom. The fourth-order valence-corrected chi connectivity index (χ4v) is 8.15. The zero-order valence-corrected chi connectivity index (χ0v) is 34.0. The number of β-amino-alcohol motifs (C(OH)–C–C–N with tert-alkyl or cyclic N) is 1. The van der Waals surface area contributed by atoms with Crippen molar-refractivity contribution in [2.45, 2.75) is 160 Å². The van der Waals surface area contributed by atoms with Gasteiger partial charge in [0.1, 0.15) is 17.1 Å². The quantitative estimate of drug-likeness (QED) is 0.0593. The molecule has 0 radical (unpaired) electrons. The number of unbranched alkanes of at least 4 members (excludes halogenated alkanes) is 18. The summed E-state index contributed by atoms with van der Waals surface area (Å²) in [5.41, 5.74) is 1.91. The van der Waals surface area contributed by atoms with Gasteiger partial charge in [0.2, 0.25) is 5.91 Å². The first kappa shape index (κ1) is 43.4. The van der Waals surface area contributed by atoms with Gasteiger partial charge >= 0.3 is 0 Å². The Balaban J connectivity index is 1.21. The Labute approximate surface area is 328 Å². The summed E-state index contributed by atoms with van der Waals surface area (Å²) in [5.74, 6) is 1.65. The van der Waals surface area contributed by atoms with Crippen molar-refractivity contribution in [3.05, 3.63) is 95.6 Å². The van der Waals surface area contributed by atoms with Gasteiger partial charge < -0.3 is 24.2 Å². The third-order valence-corrected chi connectivity index (χ3v) is 11.4. The number of amides is 1. The van der Waals surface area contributed by atoms with Crippen LogP contribution >= 0.6 is 0 Å². The number of nitrogens with zero attached hydrogens (tertiary/aromatic N) is 1. The van der Waals surface area contributed by atoms with Crippen LogP contribution in [-0.4, -0.2) is 55.4 Å². The molecule has 0 aromatic heterocycles. The average molecular weight is 742 g/mol. The molecule has 1 fully saturated rings. The number of hydrogen-bond donors (Lipinski definition) is 1. The van der Waals surface area contributed by atoms with Crippen molar-refractivity contribution in [1.82, 2.24) is 4.90 Å². The van der Waals surface area contributed by atoms with Gasteiger partial charge in [0, 0.05) is 13.0 Å². The minimum atomic E-state index is -0.963. The van der Waals surface area contributed by atoms with E-state index >= 15 is 0 Å². The fourth-order valence-electron chi connectivity index (χ4n) is 8.15. The molecule has 1 aliphatic heterocycles. The second-order valence-electron chi connectivity index (χ2n) is 15.5. The largest absolute Gasteiger partial charge is 0.497 e. The number of hydrogen-bond acceptors (Lipinski definition) is 5. The second kappa shape index (κ2) is 24.9. The number of aliphatic hydroxyl groups is 1. The number of rotatable bonds is 28. The van der Waals surface area contributed by atoms with Crippen LogP contribution in [0.2, 0.25) is 0 Å². The van der Waals surface area contributed by atoms with E-state index in [1.54, 1.807) is 14.2 Å². The monoisotopic (exact) mass is 742 g/mol. The van der Waals surface area contributed by atoms with Crippen LogP contribution in [0.4, 0.5) is 0 Å². The van der Waals surface area contributed by atoms with E-state index in [-0.39, 0.29) is 18.6 Å². The van der Waals surface area contributed by atoms with Crippen LogP contribution in [0.5, 0.6) is 11.5 Å². The summed E-state index contributed by atoms with van der Waals surface area (Å²) in [4.78, 5) is 15.5. The molecule has 0 spiro atoms. The molecule has 2 atom stereocenters. The Morgan fingerprint density at radius 1 is 0.611 bits per heavy atom. The van der Waals surface area contributed by atoms with E-state index in [1.165, 1.54) is 109 Å². The topological polar surface area (TPSA) is 68.2 Å². The number of carbonyl (C=O) groups excluding carboxylic acids is 1. The number of ether oxygens (including phenoxy) is 3. The molecule has 3 aromatic rings. The summed E-state index contributed by atoms with van der Waals surface area (Å²) < 4.78 is 18.1. The standard InChI is InChI=1S/C48H71NO5/c1-4-5-6-7-8-9-10-11-12-13-14-15-16-17-18-19-20-21-25-28-47(51)49-38-44(50)37-43(49)39-54-48(40-26-23-22-24-27-40,41-29-33-45(52-2)34-30-41)42-31-35-46(53-3)36-32-42/h22-24,26-27,29-36,43-44,50H,4-21,25,28,37-39H2,1-3H3/t43?,44-/m1/s1. The van der Waals surface area contributed by atoms with Crippen LogP contribution in [0.25, 0.3) is 0 Å². The van der Waals surface area contributed by atoms with Gasteiger partial charge in [0.05, 0.1) is 33.0 Å². The lowest BCUT2D eigenvalue weighted by Gasteiger charge is -2.38. The summed E-state index contributed by atoms with van der Waals surface area (Å²) in [7, 11) is 3.33. The molecule has 54 heavy (non-hydrogen) atoms. The Bertz CT molecular complexity index is 1360. The predicted octanol–water partition coefficient (Wildman–Crippen LogP) is 11.8. The minimum absolute atomic E-state index is 0.117. The van der Waals surface area contributed by atoms with E-state index in [9.17, 15) is 9.90 Å². The molecule has 0 saturated carbocycles. The fraction of sp³-hybridized carbons (Fsp3) is 0.604. The molecular weight excluding hydrogens is 671 g/mol. The molecule has 4 rings (SSSR count). The third-order valence-electron chi connectivity index (χ3n) is 11.4. The highest BCUT2D eigenvalue weighted by Gasteiger charge is 2.41. The van der Waals surface area contributed by atoms with Gasteiger partial charge in [-0.1, -0.05) is 177 Å². The van der Waals surface area contributed by atoms with Gasteiger partial charge in [-0.15, -0.1) is 0 Å². The number of likely N-dealkylation sites (tertiary alicyclic amines) is 1. The lowest BCUT2D eigenvalue weighted by atomic mass is 9.80. The average Bonchev–Trinajstić information content (AvgIpc) is 3.60. The maximum atomic E-state index is 13.6. The maximum Gasteiger partial charge on any atom is 0.222 e. The molecular formula is C48H71NO5. The predicted molar refractivity (Wildman–Crippen MR) is 222 cm³/mol. The summed E-state index contributed by atoms with van der Waals surface area (Å²) in [6.45, 7) is 2.93. The molecule has 1 N–H and O–H groups in total. The number of benzene rings is 3. The zero-order chi connectivity index (χ0) is 38.3. The molecule has 1 unspecified atom stereocenters. The molecule has 298 valence electrons. The SMILES string of the molecule is CCCCCCCCCCCCCCCCCCCCCC(=O)N1C[C@H](O)CC1COC(c1ccccc1)(c1ccc(OC)cc1)c1ccc(OC)cc1. The van der Waals surface area contributed by atoms with Crippen molar-refractivity contribution in [3.63, 3.8) is 0 Å². The lowest BCUT2D eigenvalue weighted by molar-refractivity contribution is -0.134. The highest BCUT2D eigenvalue weighted by Crippen LogP contribution is 2.42. The first-order chi connectivity index (χ1) is 26.5. The van der Waals surface area contributed by atoms with Crippen molar-refractivity contribution in [1.29, 1.82) is 0 Å². The van der Waals surface area contributed by atoms with Gasteiger partial charge in [0.25, 0.3) is 0 Å². The van der Waals surface area contributed by atoms with Gasteiger partial charge in [-0.05, 0) is 53.8 Å².